The third-order valence-electron chi connectivity index (χ3n) is 5.28. The summed E-state index contributed by atoms with van der Waals surface area (Å²) in [6, 6.07) is 17.9. The number of rotatable bonds is 5. The maximum atomic E-state index is 12.7. The molecule has 1 aliphatic heterocycles. The van der Waals surface area contributed by atoms with E-state index in [2.05, 4.69) is 16.1 Å². The molecule has 1 N–H and O–H groups in total. The van der Waals surface area contributed by atoms with Crippen LogP contribution in [0, 0.1) is 0 Å². The van der Waals surface area contributed by atoms with Crippen molar-refractivity contribution in [1.29, 1.82) is 0 Å². The highest BCUT2D eigenvalue weighted by atomic mass is 16.1. The summed E-state index contributed by atoms with van der Waals surface area (Å²) >= 11 is 0. The minimum atomic E-state index is -0.134. The van der Waals surface area contributed by atoms with E-state index in [1.807, 2.05) is 61.5 Å². The largest absolute Gasteiger partial charge is 0.334 e. The first kappa shape index (κ1) is 17.5. The molecule has 1 unspecified atom stereocenters. The Morgan fingerprint density at radius 2 is 1.89 bits per heavy atom. The Balaban J connectivity index is 1.47. The lowest BCUT2D eigenvalue weighted by molar-refractivity contribution is -0.117. The smallest absolute Gasteiger partial charge is 0.231 e. The Kier molecular flexibility index (Phi) is 5.05. The van der Waals surface area contributed by atoms with Crippen LogP contribution in [0.3, 0.4) is 0 Å². The Labute approximate surface area is 160 Å². The summed E-state index contributed by atoms with van der Waals surface area (Å²) in [6.45, 7) is 3.11. The molecule has 1 aromatic heterocycles. The zero-order valence-corrected chi connectivity index (χ0v) is 15.7. The minimum absolute atomic E-state index is 0.0360. The molecule has 4 nitrogen and oxygen atoms in total. The maximum absolute atomic E-state index is 12.7. The molecule has 1 amide bonds. The number of imidazole rings is 1. The van der Waals surface area contributed by atoms with Crippen molar-refractivity contribution in [2.24, 2.45) is 0 Å². The molecule has 0 fully saturated rings. The lowest BCUT2D eigenvalue weighted by Crippen LogP contribution is -2.20. The maximum Gasteiger partial charge on any atom is 0.231 e. The zero-order chi connectivity index (χ0) is 18.6. The van der Waals surface area contributed by atoms with Gasteiger partial charge in [0.15, 0.2) is 0 Å². The first-order valence-corrected chi connectivity index (χ1v) is 9.77. The number of nitrogens with one attached hydrogen (secondary N) is 1. The molecule has 2 heterocycles. The number of anilines is 1. The summed E-state index contributed by atoms with van der Waals surface area (Å²) in [5.74, 6) is 1.09. The topological polar surface area (TPSA) is 46.9 Å². The molecule has 3 aromatic rings. The number of aryl methyl sites for hydroxylation is 2. The highest BCUT2D eigenvalue weighted by molar-refractivity contribution is 5.96. The fraction of sp³-hybridized carbons (Fsp3) is 0.304. The summed E-state index contributed by atoms with van der Waals surface area (Å²) in [6.07, 6.45) is 6.43. The molecule has 27 heavy (non-hydrogen) atoms. The summed E-state index contributed by atoms with van der Waals surface area (Å²) in [5.41, 5.74) is 3.98. The van der Waals surface area contributed by atoms with Crippen molar-refractivity contribution in [3.63, 3.8) is 0 Å². The Bertz CT molecular complexity index is 889. The Hall–Kier alpha value is -2.88. The van der Waals surface area contributed by atoms with Crippen molar-refractivity contribution in [2.75, 3.05) is 5.32 Å². The van der Waals surface area contributed by atoms with E-state index in [0.29, 0.717) is 0 Å². The number of aromatic nitrogens is 2. The molecular weight excluding hydrogens is 334 g/mol. The van der Waals surface area contributed by atoms with Gasteiger partial charge in [0.25, 0.3) is 0 Å². The fourth-order valence-electron chi connectivity index (χ4n) is 3.76. The van der Waals surface area contributed by atoms with E-state index in [0.717, 1.165) is 41.9 Å². The lowest BCUT2D eigenvalue weighted by Gasteiger charge is -2.15. The first-order chi connectivity index (χ1) is 13.2. The van der Waals surface area contributed by atoms with E-state index in [9.17, 15) is 4.79 Å². The van der Waals surface area contributed by atoms with Gasteiger partial charge in [-0.2, -0.15) is 0 Å². The quantitative estimate of drug-likeness (QED) is 0.695. The molecule has 0 saturated heterocycles. The van der Waals surface area contributed by atoms with Gasteiger partial charge in [-0.3, -0.25) is 4.79 Å². The summed E-state index contributed by atoms with van der Waals surface area (Å²) in [5, 5.41) is 3.05. The average Bonchev–Trinajstić information content (AvgIpc) is 3.14. The number of fused-ring (bicyclic) bond motifs is 1. The molecule has 0 bridgehead atoms. The van der Waals surface area contributed by atoms with Gasteiger partial charge in [0.2, 0.25) is 5.91 Å². The summed E-state index contributed by atoms with van der Waals surface area (Å²) < 4.78 is 2.26. The molecule has 0 spiro atoms. The van der Waals surface area contributed by atoms with Gasteiger partial charge in [-0.05, 0) is 37.0 Å². The number of benzene rings is 2. The summed E-state index contributed by atoms with van der Waals surface area (Å²) in [7, 11) is 0. The zero-order valence-electron chi connectivity index (χ0n) is 15.7. The number of hydrogen-bond donors (Lipinski definition) is 1. The van der Waals surface area contributed by atoms with E-state index in [-0.39, 0.29) is 11.8 Å². The second-order valence-corrected chi connectivity index (χ2v) is 7.13. The van der Waals surface area contributed by atoms with E-state index >= 15 is 0 Å². The molecule has 2 aromatic carbocycles. The Morgan fingerprint density at radius 3 is 2.59 bits per heavy atom. The van der Waals surface area contributed by atoms with Gasteiger partial charge in [-0.1, -0.05) is 49.4 Å². The Morgan fingerprint density at radius 1 is 1.11 bits per heavy atom. The van der Waals surface area contributed by atoms with Gasteiger partial charge in [0.1, 0.15) is 5.82 Å². The van der Waals surface area contributed by atoms with Crippen LogP contribution in [-0.2, 0) is 17.8 Å². The molecular formula is C23H25N3O. The molecule has 4 rings (SSSR count). The predicted molar refractivity (Wildman–Crippen MR) is 109 cm³/mol. The van der Waals surface area contributed by atoms with Gasteiger partial charge >= 0.3 is 0 Å². The van der Waals surface area contributed by atoms with E-state index in [4.69, 9.17) is 4.98 Å². The van der Waals surface area contributed by atoms with Crippen molar-refractivity contribution < 1.29 is 4.79 Å². The normalized spacial score (nSPS) is 14.4. The summed E-state index contributed by atoms with van der Waals surface area (Å²) in [4.78, 5) is 17.5. The third kappa shape index (κ3) is 3.80. The van der Waals surface area contributed by atoms with Crippen molar-refractivity contribution in [3.8, 4) is 11.3 Å². The monoisotopic (exact) mass is 359 g/mol. The van der Waals surface area contributed by atoms with E-state index < -0.39 is 0 Å². The molecule has 0 saturated carbocycles. The van der Waals surface area contributed by atoms with Gasteiger partial charge in [-0.25, -0.2) is 4.98 Å². The predicted octanol–water partition coefficient (Wildman–Crippen LogP) is 5.02. The van der Waals surface area contributed by atoms with Gasteiger partial charge in [0, 0.05) is 30.4 Å². The molecule has 138 valence electrons. The molecule has 1 atom stereocenters. The van der Waals surface area contributed by atoms with Crippen LogP contribution >= 0.6 is 0 Å². The number of hydrogen-bond acceptors (Lipinski definition) is 2. The van der Waals surface area contributed by atoms with Crippen LogP contribution < -0.4 is 5.32 Å². The van der Waals surface area contributed by atoms with Crippen LogP contribution in [0.5, 0.6) is 0 Å². The molecule has 0 radical (unpaired) electrons. The highest BCUT2D eigenvalue weighted by Crippen LogP contribution is 2.25. The van der Waals surface area contributed by atoms with Crippen molar-refractivity contribution in [3.05, 3.63) is 72.2 Å². The van der Waals surface area contributed by atoms with Crippen molar-refractivity contribution in [2.45, 2.75) is 45.1 Å². The number of amides is 1. The number of nitrogens with zero attached hydrogens (tertiary/aromatic N) is 2. The standard InChI is InChI=1S/C23H25N3O/c1-2-20(17-8-4-3-5-9-17)23(27)24-19-13-11-18(12-14-19)21-16-26-15-7-6-10-22(26)25-21/h3-5,8-9,11-14,16,20H,2,6-7,10,15H2,1H3,(H,24,27). The van der Waals surface area contributed by atoms with E-state index in [1.165, 1.54) is 18.7 Å². The van der Waals surface area contributed by atoms with Crippen LogP contribution in [0.4, 0.5) is 5.69 Å². The van der Waals surface area contributed by atoms with Crippen molar-refractivity contribution >= 4 is 11.6 Å². The van der Waals surface area contributed by atoms with Crippen molar-refractivity contribution in [1.82, 2.24) is 9.55 Å². The second kappa shape index (κ2) is 7.78. The van der Waals surface area contributed by atoms with Crippen LogP contribution in [0.2, 0.25) is 0 Å². The molecule has 1 aliphatic rings. The third-order valence-corrected chi connectivity index (χ3v) is 5.28. The number of carbonyl (C=O) groups excluding carboxylic acids is 1. The molecule has 0 aliphatic carbocycles. The SMILES string of the molecule is CCC(C(=O)Nc1ccc(-c2cn3c(n2)CCCC3)cc1)c1ccccc1. The highest BCUT2D eigenvalue weighted by Gasteiger charge is 2.18. The lowest BCUT2D eigenvalue weighted by atomic mass is 9.95. The van der Waals surface area contributed by atoms with E-state index in [1.54, 1.807) is 0 Å². The average molecular weight is 359 g/mol. The van der Waals surface area contributed by atoms with Crippen LogP contribution in [0.1, 0.15) is 43.5 Å². The fourth-order valence-corrected chi connectivity index (χ4v) is 3.76. The van der Waals surface area contributed by atoms with Crippen LogP contribution in [0.25, 0.3) is 11.3 Å². The molecule has 4 heteroatoms. The first-order valence-electron chi connectivity index (χ1n) is 9.77. The van der Waals surface area contributed by atoms with Gasteiger partial charge in [0.05, 0.1) is 11.6 Å². The van der Waals surface area contributed by atoms with Crippen LogP contribution in [-0.4, -0.2) is 15.5 Å². The minimum Gasteiger partial charge on any atom is -0.334 e. The second-order valence-electron chi connectivity index (χ2n) is 7.13. The van der Waals surface area contributed by atoms with Crippen LogP contribution in [0.15, 0.2) is 60.8 Å². The van der Waals surface area contributed by atoms with Gasteiger partial charge < -0.3 is 9.88 Å². The number of carbonyl (C=O) groups is 1. The van der Waals surface area contributed by atoms with Gasteiger partial charge in [-0.15, -0.1) is 0 Å².